The summed E-state index contributed by atoms with van der Waals surface area (Å²) in [4.78, 5) is 6.42. The first kappa shape index (κ1) is 15.4. The van der Waals surface area contributed by atoms with E-state index in [2.05, 4.69) is 92.2 Å². The largest absolute Gasteiger partial charge is 0.260 e. The van der Waals surface area contributed by atoms with Crippen molar-refractivity contribution in [2.75, 3.05) is 0 Å². The number of rotatable bonds is 6. The van der Waals surface area contributed by atoms with E-state index in [1.807, 2.05) is 25.0 Å². The predicted octanol–water partition coefficient (Wildman–Crippen LogP) is 2.60. The van der Waals surface area contributed by atoms with E-state index in [9.17, 15) is 0 Å². The summed E-state index contributed by atoms with van der Waals surface area (Å²) >= 11 is 0. The van der Waals surface area contributed by atoms with Crippen LogP contribution in [0.25, 0.3) is 0 Å². The second-order valence-corrected chi connectivity index (χ2v) is 6.34. The number of hydrogen-bond donors (Lipinski definition) is 2. The topological polar surface area (TPSA) is 39.3 Å². The number of aromatic amines is 2. The van der Waals surface area contributed by atoms with E-state index >= 15 is 0 Å². The molecule has 124 valence electrons. The molecule has 0 saturated carbocycles. The summed E-state index contributed by atoms with van der Waals surface area (Å²) < 4.78 is 4.53. The van der Waals surface area contributed by atoms with E-state index in [1.54, 1.807) is 0 Å². The average molecular weight is 330 g/mol. The van der Waals surface area contributed by atoms with Gasteiger partial charge >= 0.3 is 0 Å². The molecular formula is C21H22N4+2. The van der Waals surface area contributed by atoms with Crippen LogP contribution < -0.4 is 9.13 Å². The molecule has 4 heteroatoms. The lowest BCUT2D eigenvalue weighted by molar-refractivity contribution is -0.994. The third-order valence-electron chi connectivity index (χ3n) is 4.71. The quantitative estimate of drug-likeness (QED) is 0.510. The number of hydrogen-bond acceptors (Lipinski definition) is 0. The summed E-state index contributed by atoms with van der Waals surface area (Å²) in [7, 11) is 0. The maximum atomic E-state index is 3.21. The Hall–Kier alpha value is -3.14. The smallest absolute Gasteiger partial charge is 0.250 e. The van der Waals surface area contributed by atoms with E-state index in [1.165, 1.54) is 11.1 Å². The molecule has 0 unspecified atom stereocenters. The zero-order valence-electron chi connectivity index (χ0n) is 14.0. The molecule has 0 radical (unpaired) electrons. The van der Waals surface area contributed by atoms with Gasteiger partial charge < -0.3 is 0 Å². The normalized spacial score (nSPS) is 11.5. The standard InChI is InChI=1S/C21H20N4/c1-3-7-19(8-4-1)15-21(24-13-11-22-17-24,25-14-12-23-18-25)16-20-9-5-2-6-10-20/h1-14,17-18H,15-16H2/p+2. The van der Waals surface area contributed by atoms with Crippen LogP contribution in [0.1, 0.15) is 11.1 Å². The van der Waals surface area contributed by atoms with Crippen LogP contribution in [0.5, 0.6) is 0 Å². The molecule has 25 heavy (non-hydrogen) atoms. The van der Waals surface area contributed by atoms with Crippen LogP contribution in [0.3, 0.4) is 0 Å². The van der Waals surface area contributed by atoms with Gasteiger partial charge in [0.2, 0.25) is 12.7 Å². The summed E-state index contributed by atoms with van der Waals surface area (Å²) in [5.74, 6) is 0. The molecule has 2 aromatic carbocycles. The molecule has 4 aromatic rings. The predicted molar refractivity (Wildman–Crippen MR) is 95.6 cm³/mol. The molecule has 4 rings (SSSR count). The maximum Gasteiger partial charge on any atom is 0.260 e. The molecule has 0 amide bonds. The minimum atomic E-state index is -0.275. The Labute approximate surface area is 147 Å². The first-order valence-electron chi connectivity index (χ1n) is 8.54. The van der Waals surface area contributed by atoms with Crippen molar-refractivity contribution in [3.63, 3.8) is 0 Å². The van der Waals surface area contributed by atoms with Gasteiger partial charge in [0.25, 0.3) is 5.66 Å². The van der Waals surface area contributed by atoms with Gasteiger partial charge in [-0.05, 0) is 11.1 Å². The molecule has 4 nitrogen and oxygen atoms in total. The lowest BCUT2D eigenvalue weighted by atomic mass is 9.91. The van der Waals surface area contributed by atoms with Gasteiger partial charge in [0.15, 0.2) is 0 Å². The Bertz CT molecular complexity index is 804. The van der Waals surface area contributed by atoms with Crippen molar-refractivity contribution >= 4 is 0 Å². The number of nitrogens with zero attached hydrogens (tertiary/aromatic N) is 2. The highest BCUT2D eigenvalue weighted by molar-refractivity contribution is 5.19. The molecule has 0 aliphatic heterocycles. The van der Waals surface area contributed by atoms with Crippen LogP contribution in [0.4, 0.5) is 0 Å². The monoisotopic (exact) mass is 330 g/mol. The Morgan fingerprint density at radius 1 is 0.640 bits per heavy atom. The highest BCUT2D eigenvalue weighted by atomic mass is 15.3. The van der Waals surface area contributed by atoms with Gasteiger partial charge in [-0.1, -0.05) is 60.7 Å². The van der Waals surface area contributed by atoms with Crippen LogP contribution in [-0.2, 0) is 18.5 Å². The molecule has 0 aliphatic rings. The van der Waals surface area contributed by atoms with E-state index in [-0.39, 0.29) is 5.66 Å². The van der Waals surface area contributed by atoms with Crippen molar-refractivity contribution in [3.8, 4) is 0 Å². The minimum Gasteiger partial charge on any atom is -0.250 e. The molecule has 0 fully saturated rings. The second kappa shape index (κ2) is 6.77. The van der Waals surface area contributed by atoms with Gasteiger partial charge in [-0.15, -0.1) is 0 Å². The Balaban J connectivity index is 1.85. The summed E-state index contributed by atoms with van der Waals surface area (Å²) in [6.07, 6.45) is 14.0. The van der Waals surface area contributed by atoms with Gasteiger partial charge in [0.1, 0.15) is 24.8 Å². The highest BCUT2D eigenvalue weighted by Gasteiger charge is 2.43. The van der Waals surface area contributed by atoms with Crippen LogP contribution in [0.2, 0.25) is 0 Å². The van der Waals surface area contributed by atoms with Gasteiger partial charge in [0, 0.05) is 0 Å². The fourth-order valence-electron chi connectivity index (χ4n) is 3.50. The summed E-state index contributed by atoms with van der Waals surface area (Å²) in [6.45, 7) is 0. The molecular weight excluding hydrogens is 308 g/mol. The van der Waals surface area contributed by atoms with Crippen molar-refractivity contribution < 1.29 is 9.13 Å². The highest BCUT2D eigenvalue weighted by Crippen LogP contribution is 2.19. The zero-order valence-corrected chi connectivity index (χ0v) is 14.0. The Kier molecular flexibility index (Phi) is 4.17. The lowest BCUT2D eigenvalue weighted by Gasteiger charge is -2.28. The number of imidazole rings is 2. The van der Waals surface area contributed by atoms with Crippen molar-refractivity contribution in [3.05, 3.63) is 109 Å². The van der Waals surface area contributed by atoms with E-state index < -0.39 is 0 Å². The third kappa shape index (κ3) is 3.11. The fourth-order valence-corrected chi connectivity index (χ4v) is 3.50. The number of H-pyrrole nitrogens is 2. The molecule has 0 saturated heterocycles. The average Bonchev–Trinajstić information content (AvgIpc) is 3.37. The SMILES string of the molecule is c1ccc(CC(Cc2ccccc2)([n+]2cc[nH]c2)[n+]2cc[nH]c2)cc1. The Morgan fingerprint density at radius 3 is 1.44 bits per heavy atom. The zero-order chi connectivity index (χ0) is 17.0. The molecule has 2 aromatic heterocycles. The molecule has 0 bridgehead atoms. The van der Waals surface area contributed by atoms with Gasteiger partial charge in [-0.3, -0.25) is 9.97 Å². The van der Waals surface area contributed by atoms with E-state index in [4.69, 9.17) is 0 Å². The van der Waals surface area contributed by atoms with Gasteiger partial charge in [-0.25, -0.2) is 0 Å². The number of nitrogens with one attached hydrogen (secondary N) is 2. The Morgan fingerprint density at radius 2 is 1.08 bits per heavy atom. The van der Waals surface area contributed by atoms with Crippen molar-refractivity contribution in [1.82, 2.24) is 9.97 Å². The maximum absolute atomic E-state index is 3.21. The fraction of sp³-hybridized carbons (Fsp3) is 0.143. The second-order valence-electron chi connectivity index (χ2n) is 6.34. The van der Waals surface area contributed by atoms with E-state index in [0.29, 0.717) is 0 Å². The number of benzene rings is 2. The molecule has 2 heterocycles. The van der Waals surface area contributed by atoms with Crippen LogP contribution in [-0.4, -0.2) is 9.97 Å². The van der Waals surface area contributed by atoms with Crippen LogP contribution in [0, 0.1) is 0 Å². The van der Waals surface area contributed by atoms with Crippen molar-refractivity contribution in [2.24, 2.45) is 0 Å². The van der Waals surface area contributed by atoms with Crippen LogP contribution in [0.15, 0.2) is 98.1 Å². The minimum absolute atomic E-state index is 0.275. The van der Waals surface area contributed by atoms with Crippen LogP contribution >= 0.6 is 0 Å². The van der Waals surface area contributed by atoms with E-state index in [0.717, 1.165) is 12.8 Å². The molecule has 2 N–H and O–H groups in total. The first-order chi connectivity index (χ1) is 12.4. The van der Waals surface area contributed by atoms with Gasteiger partial charge in [-0.2, -0.15) is 9.13 Å². The number of aromatic nitrogens is 4. The summed E-state index contributed by atoms with van der Waals surface area (Å²) in [6, 6.07) is 21.3. The van der Waals surface area contributed by atoms with Gasteiger partial charge in [0.05, 0.1) is 12.8 Å². The molecule has 0 atom stereocenters. The molecule has 0 aliphatic carbocycles. The van der Waals surface area contributed by atoms with Crippen molar-refractivity contribution in [2.45, 2.75) is 18.5 Å². The van der Waals surface area contributed by atoms with Crippen molar-refractivity contribution in [1.29, 1.82) is 0 Å². The third-order valence-corrected chi connectivity index (χ3v) is 4.71. The lowest BCUT2D eigenvalue weighted by Crippen LogP contribution is -2.74. The first-order valence-corrected chi connectivity index (χ1v) is 8.54. The summed E-state index contributed by atoms with van der Waals surface area (Å²) in [5, 5.41) is 0. The summed E-state index contributed by atoms with van der Waals surface area (Å²) in [5.41, 5.74) is 2.34. The molecule has 0 spiro atoms.